The Hall–Kier alpha value is -1.31. The average Bonchev–Trinajstić information content (AvgIpc) is 2.83. The van der Waals surface area contributed by atoms with Gasteiger partial charge in [0.25, 0.3) is 0 Å². The molecule has 0 fully saturated rings. The van der Waals surface area contributed by atoms with Gasteiger partial charge in [0, 0.05) is 37.6 Å². The minimum Gasteiger partial charge on any atom is -0.356 e. The Balaban J connectivity index is 2.24. The van der Waals surface area contributed by atoms with Gasteiger partial charge in [-0.2, -0.15) is 13.2 Å². The molecule has 0 aliphatic heterocycles. The molecule has 2 N–H and O–H groups in total. The number of nitrogens with one attached hydrogen (secondary N) is 2. The molecule has 1 heterocycles. The van der Waals surface area contributed by atoms with Crippen LogP contribution < -0.4 is 10.6 Å². The first-order valence-corrected chi connectivity index (χ1v) is 7.21. The van der Waals surface area contributed by atoms with Crippen LogP contribution in [0.25, 0.3) is 0 Å². The van der Waals surface area contributed by atoms with Crippen molar-refractivity contribution in [3.05, 3.63) is 16.1 Å². The normalized spacial score (nSPS) is 12.6. The molecular weight excluding hydrogens is 289 g/mol. The fourth-order valence-corrected chi connectivity index (χ4v) is 2.32. The summed E-state index contributed by atoms with van der Waals surface area (Å²) in [7, 11) is 1.53. The lowest BCUT2D eigenvalue weighted by Crippen LogP contribution is -2.39. The predicted octanol–water partition coefficient (Wildman–Crippen LogP) is 2.37. The van der Waals surface area contributed by atoms with Crippen molar-refractivity contribution in [2.45, 2.75) is 32.4 Å². The quantitative estimate of drug-likeness (QED) is 0.626. The molecule has 0 saturated heterocycles. The molecule has 114 valence electrons. The number of aromatic nitrogens is 1. The van der Waals surface area contributed by atoms with Gasteiger partial charge in [-0.1, -0.05) is 6.92 Å². The van der Waals surface area contributed by atoms with Gasteiger partial charge in [0.1, 0.15) is 0 Å². The standard InChI is InChI=1S/C12H19F3N4S/c1-3-9-8-19-10(20-9)4-6-17-11(16-2)18-7-5-12(13,14)15/h8H,3-7H2,1-2H3,(H2,16,17,18). The van der Waals surface area contributed by atoms with Crippen LogP contribution in [0.4, 0.5) is 13.2 Å². The topological polar surface area (TPSA) is 49.3 Å². The first kappa shape index (κ1) is 16.7. The minimum atomic E-state index is -4.15. The maximum atomic E-state index is 12.0. The van der Waals surface area contributed by atoms with Gasteiger partial charge in [0.15, 0.2) is 5.96 Å². The van der Waals surface area contributed by atoms with E-state index in [4.69, 9.17) is 0 Å². The molecule has 1 rings (SSSR count). The van der Waals surface area contributed by atoms with Crippen LogP contribution in [0.3, 0.4) is 0 Å². The molecule has 0 spiro atoms. The molecule has 1 aromatic rings. The van der Waals surface area contributed by atoms with Crippen LogP contribution in [0.1, 0.15) is 23.2 Å². The zero-order valence-electron chi connectivity index (χ0n) is 11.5. The van der Waals surface area contributed by atoms with Crippen molar-refractivity contribution >= 4 is 17.3 Å². The van der Waals surface area contributed by atoms with Crippen LogP contribution in [0, 0.1) is 0 Å². The zero-order chi connectivity index (χ0) is 15.0. The summed E-state index contributed by atoms with van der Waals surface area (Å²) in [4.78, 5) is 9.37. The Labute approximate surface area is 120 Å². The molecule has 4 nitrogen and oxygen atoms in total. The first-order valence-electron chi connectivity index (χ1n) is 6.39. The monoisotopic (exact) mass is 308 g/mol. The number of aliphatic imine (C=N–C) groups is 1. The van der Waals surface area contributed by atoms with E-state index in [0.29, 0.717) is 12.5 Å². The van der Waals surface area contributed by atoms with E-state index in [-0.39, 0.29) is 6.54 Å². The minimum absolute atomic E-state index is 0.180. The second-order valence-corrected chi connectivity index (χ2v) is 5.31. The van der Waals surface area contributed by atoms with E-state index in [1.807, 2.05) is 6.20 Å². The SMILES string of the molecule is CCc1cnc(CCNC(=NC)NCCC(F)(F)F)s1. The maximum absolute atomic E-state index is 12.0. The molecule has 8 heteroatoms. The second-order valence-electron chi connectivity index (χ2n) is 4.11. The van der Waals surface area contributed by atoms with Crippen molar-refractivity contribution in [2.75, 3.05) is 20.1 Å². The van der Waals surface area contributed by atoms with Crippen LogP contribution in [0.2, 0.25) is 0 Å². The Morgan fingerprint density at radius 2 is 2.05 bits per heavy atom. The van der Waals surface area contributed by atoms with Gasteiger partial charge in [-0.05, 0) is 6.42 Å². The van der Waals surface area contributed by atoms with E-state index in [0.717, 1.165) is 17.8 Å². The van der Waals surface area contributed by atoms with E-state index in [1.165, 1.54) is 11.9 Å². The van der Waals surface area contributed by atoms with Crippen molar-refractivity contribution in [3.8, 4) is 0 Å². The largest absolute Gasteiger partial charge is 0.390 e. The summed E-state index contributed by atoms with van der Waals surface area (Å²) in [5.41, 5.74) is 0. The number of aryl methyl sites for hydroxylation is 1. The van der Waals surface area contributed by atoms with Crippen LogP contribution in [0.5, 0.6) is 0 Å². The maximum Gasteiger partial charge on any atom is 0.390 e. The third-order valence-corrected chi connectivity index (χ3v) is 3.71. The Bertz CT molecular complexity index is 429. The number of alkyl halides is 3. The van der Waals surface area contributed by atoms with Gasteiger partial charge in [0.05, 0.1) is 11.4 Å². The van der Waals surface area contributed by atoms with E-state index < -0.39 is 12.6 Å². The molecule has 0 amide bonds. The summed E-state index contributed by atoms with van der Waals surface area (Å²) in [6, 6.07) is 0. The zero-order valence-corrected chi connectivity index (χ0v) is 12.4. The summed E-state index contributed by atoms with van der Waals surface area (Å²) in [6.07, 6.45) is -1.48. The van der Waals surface area contributed by atoms with E-state index in [1.54, 1.807) is 11.3 Å². The lowest BCUT2D eigenvalue weighted by Gasteiger charge is -2.12. The molecule has 0 aliphatic carbocycles. The second kappa shape index (κ2) is 8.08. The number of hydrogen-bond acceptors (Lipinski definition) is 3. The fraction of sp³-hybridized carbons (Fsp3) is 0.667. The number of hydrogen-bond donors (Lipinski definition) is 2. The summed E-state index contributed by atoms with van der Waals surface area (Å²) in [6.45, 7) is 2.48. The van der Waals surface area contributed by atoms with Gasteiger partial charge in [-0.15, -0.1) is 11.3 Å². The Morgan fingerprint density at radius 1 is 1.35 bits per heavy atom. The summed E-state index contributed by atoms with van der Waals surface area (Å²) in [5.74, 6) is 0.376. The molecule has 1 aromatic heterocycles. The van der Waals surface area contributed by atoms with Crippen molar-refractivity contribution < 1.29 is 13.2 Å². The lowest BCUT2D eigenvalue weighted by atomic mass is 10.4. The highest BCUT2D eigenvalue weighted by atomic mass is 32.1. The highest BCUT2D eigenvalue weighted by Crippen LogP contribution is 2.18. The Morgan fingerprint density at radius 3 is 2.60 bits per heavy atom. The number of nitrogens with zero attached hydrogens (tertiary/aromatic N) is 2. The molecule has 0 aliphatic rings. The highest BCUT2D eigenvalue weighted by Gasteiger charge is 2.26. The van der Waals surface area contributed by atoms with Gasteiger partial charge in [-0.3, -0.25) is 4.99 Å². The van der Waals surface area contributed by atoms with Crippen LogP contribution in [-0.2, 0) is 12.8 Å². The number of halogens is 3. The molecule has 0 bridgehead atoms. The number of thiazole rings is 1. The molecule has 0 saturated carbocycles. The van der Waals surface area contributed by atoms with Crippen molar-refractivity contribution in [2.24, 2.45) is 4.99 Å². The van der Waals surface area contributed by atoms with Crippen molar-refractivity contribution in [1.29, 1.82) is 0 Å². The molecular formula is C12H19F3N4S. The third kappa shape index (κ3) is 6.74. The van der Waals surface area contributed by atoms with E-state index in [9.17, 15) is 13.2 Å². The van der Waals surface area contributed by atoms with Crippen molar-refractivity contribution in [3.63, 3.8) is 0 Å². The third-order valence-electron chi connectivity index (χ3n) is 2.51. The molecule has 20 heavy (non-hydrogen) atoms. The van der Waals surface area contributed by atoms with Crippen LogP contribution >= 0.6 is 11.3 Å². The first-order chi connectivity index (χ1) is 9.44. The van der Waals surface area contributed by atoms with Gasteiger partial charge < -0.3 is 10.6 Å². The van der Waals surface area contributed by atoms with Crippen molar-refractivity contribution in [1.82, 2.24) is 15.6 Å². The summed E-state index contributed by atoms with van der Waals surface area (Å²) in [5, 5.41) is 6.61. The molecule has 0 aromatic carbocycles. The average molecular weight is 308 g/mol. The summed E-state index contributed by atoms with van der Waals surface area (Å²) < 4.78 is 36.0. The van der Waals surface area contributed by atoms with Crippen LogP contribution in [0.15, 0.2) is 11.2 Å². The molecule has 0 atom stereocenters. The van der Waals surface area contributed by atoms with Gasteiger partial charge >= 0.3 is 6.18 Å². The predicted molar refractivity (Wildman–Crippen MR) is 75.2 cm³/mol. The highest BCUT2D eigenvalue weighted by molar-refractivity contribution is 7.11. The molecule has 0 radical (unpaired) electrons. The number of guanidine groups is 1. The Kier molecular flexibility index (Phi) is 6.77. The molecule has 0 unspecified atom stereocenters. The smallest absolute Gasteiger partial charge is 0.356 e. The van der Waals surface area contributed by atoms with Crippen LogP contribution in [-0.4, -0.2) is 37.3 Å². The van der Waals surface area contributed by atoms with Gasteiger partial charge in [-0.25, -0.2) is 4.98 Å². The van der Waals surface area contributed by atoms with Gasteiger partial charge in [0.2, 0.25) is 0 Å². The van der Waals surface area contributed by atoms with E-state index >= 15 is 0 Å². The lowest BCUT2D eigenvalue weighted by molar-refractivity contribution is -0.132. The number of rotatable bonds is 6. The fourth-order valence-electron chi connectivity index (χ4n) is 1.46. The summed E-state index contributed by atoms with van der Waals surface area (Å²) >= 11 is 1.65. The van der Waals surface area contributed by atoms with E-state index in [2.05, 4.69) is 27.5 Å².